The molecule has 0 atom stereocenters. The number of nitrogens with one attached hydrogen (secondary N) is 1. The van der Waals surface area contributed by atoms with Gasteiger partial charge in [-0.2, -0.15) is 0 Å². The highest BCUT2D eigenvalue weighted by Crippen LogP contribution is 2.20. The van der Waals surface area contributed by atoms with Crippen LogP contribution in [0.2, 0.25) is 0 Å². The molecule has 0 aromatic heterocycles. The summed E-state index contributed by atoms with van der Waals surface area (Å²) in [7, 11) is 0. The van der Waals surface area contributed by atoms with E-state index in [1.807, 2.05) is 0 Å². The molecule has 1 N–H and O–H groups in total. The summed E-state index contributed by atoms with van der Waals surface area (Å²) in [5.74, 6) is -1.01. The molecular weight excluding hydrogens is 220 g/mol. The highest BCUT2D eigenvalue weighted by Gasteiger charge is 2.22. The Morgan fingerprint density at radius 2 is 1.65 bits per heavy atom. The van der Waals surface area contributed by atoms with Crippen LogP contribution in [-0.2, 0) is 6.54 Å². The molecule has 1 aromatic rings. The standard InChI is InChI=1S/C14H21F2N/c1-4-14(5-2,6-3)17-10-11-7-8-12(15)9-13(11)16/h7-9,17H,4-6,10H2,1-3H3. The van der Waals surface area contributed by atoms with Crippen molar-refractivity contribution in [3.05, 3.63) is 35.4 Å². The van der Waals surface area contributed by atoms with Gasteiger partial charge >= 0.3 is 0 Å². The molecule has 0 aliphatic heterocycles. The average molecular weight is 241 g/mol. The zero-order valence-corrected chi connectivity index (χ0v) is 10.8. The van der Waals surface area contributed by atoms with Crippen molar-refractivity contribution in [2.45, 2.75) is 52.1 Å². The van der Waals surface area contributed by atoms with E-state index in [9.17, 15) is 8.78 Å². The molecule has 1 nitrogen and oxygen atoms in total. The summed E-state index contributed by atoms with van der Waals surface area (Å²) in [6.07, 6.45) is 3.01. The lowest BCUT2D eigenvalue weighted by Gasteiger charge is -2.32. The van der Waals surface area contributed by atoms with E-state index in [1.165, 1.54) is 12.1 Å². The zero-order chi connectivity index (χ0) is 12.9. The third-order valence-corrected chi connectivity index (χ3v) is 3.70. The molecule has 0 saturated carbocycles. The van der Waals surface area contributed by atoms with Gasteiger partial charge in [0.1, 0.15) is 11.6 Å². The summed E-state index contributed by atoms with van der Waals surface area (Å²) >= 11 is 0. The highest BCUT2D eigenvalue weighted by atomic mass is 19.1. The van der Waals surface area contributed by atoms with Crippen LogP contribution < -0.4 is 5.32 Å². The van der Waals surface area contributed by atoms with Crippen molar-refractivity contribution in [1.82, 2.24) is 5.32 Å². The SMILES string of the molecule is CCC(CC)(CC)NCc1ccc(F)cc1F. The number of rotatable bonds is 6. The topological polar surface area (TPSA) is 12.0 Å². The van der Waals surface area contributed by atoms with Crippen LogP contribution in [0.25, 0.3) is 0 Å². The second-order valence-corrected chi connectivity index (χ2v) is 4.43. The third-order valence-electron chi connectivity index (χ3n) is 3.70. The predicted octanol–water partition coefficient (Wildman–Crippen LogP) is 4.02. The Hall–Kier alpha value is -0.960. The van der Waals surface area contributed by atoms with Gasteiger partial charge in [0, 0.05) is 23.7 Å². The van der Waals surface area contributed by atoms with Crippen molar-refractivity contribution in [3.8, 4) is 0 Å². The van der Waals surface area contributed by atoms with Crippen molar-refractivity contribution in [3.63, 3.8) is 0 Å². The van der Waals surface area contributed by atoms with Gasteiger partial charge in [-0.15, -0.1) is 0 Å². The lowest BCUT2D eigenvalue weighted by atomic mass is 9.89. The van der Waals surface area contributed by atoms with Gasteiger partial charge in [-0.1, -0.05) is 26.8 Å². The first-order valence-corrected chi connectivity index (χ1v) is 6.26. The first-order chi connectivity index (χ1) is 8.06. The lowest BCUT2D eigenvalue weighted by Crippen LogP contribution is -2.43. The molecule has 0 aliphatic rings. The van der Waals surface area contributed by atoms with Crippen molar-refractivity contribution >= 4 is 0 Å². The van der Waals surface area contributed by atoms with E-state index in [0.717, 1.165) is 25.3 Å². The molecule has 1 aromatic carbocycles. The molecule has 0 spiro atoms. The Balaban J connectivity index is 2.72. The van der Waals surface area contributed by atoms with E-state index in [-0.39, 0.29) is 5.54 Å². The quantitative estimate of drug-likeness (QED) is 0.793. The van der Waals surface area contributed by atoms with Gasteiger partial charge in [0.05, 0.1) is 0 Å². The van der Waals surface area contributed by atoms with E-state index in [0.29, 0.717) is 12.1 Å². The van der Waals surface area contributed by atoms with Crippen molar-refractivity contribution in [2.75, 3.05) is 0 Å². The Morgan fingerprint density at radius 3 is 2.12 bits per heavy atom. The first-order valence-electron chi connectivity index (χ1n) is 6.26. The number of hydrogen-bond donors (Lipinski definition) is 1. The summed E-state index contributed by atoms with van der Waals surface area (Å²) in [4.78, 5) is 0. The fourth-order valence-electron chi connectivity index (χ4n) is 2.07. The van der Waals surface area contributed by atoms with E-state index >= 15 is 0 Å². The van der Waals surface area contributed by atoms with Crippen molar-refractivity contribution < 1.29 is 8.78 Å². The molecule has 0 saturated heterocycles. The number of benzene rings is 1. The molecular formula is C14H21F2N. The molecule has 0 radical (unpaired) electrons. The highest BCUT2D eigenvalue weighted by molar-refractivity contribution is 5.18. The summed E-state index contributed by atoms with van der Waals surface area (Å²) in [6.45, 7) is 6.82. The second-order valence-electron chi connectivity index (χ2n) is 4.43. The van der Waals surface area contributed by atoms with E-state index < -0.39 is 11.6 Å². The maximum atomic E-state index is 13.5. The predicted molar refractivity (Wildman–Crippen MR) is 66.8 cm³/mol. The summed E-state index contributed by atoms with van der Waals surface area (Å²) in [5.41, 5.74) is 0.576. The third kappa shape index (κ3) is 3.50. The van der Waals surface area contributed by atoms with Gasteiger partial charge in [0.25, 0.3) is 0 Å². The molecule has 1 rings (SSSR count). The van der Waals surface area contributed by atoms with Crippen LogP contribution in [0.5, 0.6) is 0 Å². The van der Waals surface area contributed by atoms with Crippen LogP contribution in [0.4, 0.5) is 8.78 Å². The molecule has 3 heteroatoms. The number of hydrogen-bond acceptors (Lipinski definition) is 1. The Morgan fingerprint density at radius 1 is 1.06 bits per heavy atom. The summed E-state index contributed by atoms with van der Waals surface area (Å²) in [6, 6.07) is 3.73. The molecule has 0 fully saturated rings. The van der Waals surface area contributed by atoms with Crippen molar-refractivity contribution in [2.24, 2.45) is 0 Å². The van der Waals surface area contributed by atoms with Crippen LogP contribution >= 0.6 is 0 Å². The fourth-order valence-corrected chi connectivity index (χ4v) is 2.07. The fraction of sp³-hybridized carbons (Fsp3) is 0.571. The van der Waals surface area contributed by atoms with Gasteiger partial charge in [0.2, 0.25) is 0 Å². The second kappa shape index (κ2) is 6.10. The van der Waals surface area contributed by atoms with Crippen LogP contribution in [0.1, 0.15) is 45.6 Å². The van der Waals surface area contributed by atoms with Gasteiger partial charge in [0.15, 0.2) is 0 Å². The van der Waals surface area contributed by atoms with E-state index in [1.54, 1.807) is 0 Å². The molecule has 0 amide bonds. The molecule has 17 heavy (non-hydrogen) atoms. The molecule has 0 bridgehead atoms. The van der Waals surface area contributed by atoms with Gasteiger partial charge in [-0.3, -0.25) is 0 Å². The maximum Gasteiger partial charge on any atom is 0.130 e. The molecule has 0 aliphatic carbocycles. The average Bonchev–Trinajstić information content (AvgIpc) is 2.33. The first kappa shape index (κ1) is 14.1. The monoisotopic (exact) mass is 241 g/mol. The summed E-state index contributed by atoms with van der Waals surface area (Å²) < 4.78 is 26.2. The largest absolute Gasteiger partial charge is 0.307 e. The molecule has 0 unspecified atom stereocenters. The Labute approximate surface area is 102 Å². The minimum Gasteiger partial charge on any atom is -0.307 e. The smallest absolute Gasteiger partial charge is 0.130 e. The normalized spacial score (nSPS) is 11.8. The Bertz CT molecular complexity index is 351. The van der Waals surface area contributed by atoms with Gasteiger partial charge < -0.3 is 5.32 Å². The van der Waals surface area contributed by atoms with Gasteiger partial charge in [-0.05, 0) is 25.3 Å². The van der Waals surface area contributed by atoms with Crippen molar-refractivity contribution in [1.29, 1.82) is 0 Å². The van der Waals surface area contributed by atoms with Crippen LogP contribution in [0.15, 0.2) is 18.2 Å². The minimum absolute atomic E-state index is 0.0564. The minimum atomic E-state index is -0.529. The zero-order valence-electron chi connectivity index (χ0n) is 10.8. The number of halogens is 2. The van der Waals surface area contributed by atoms with Crippen LogP contribution in [-0.4, -0.2) is 5.54 Å². The molecule has 0 heterocycles. The summed E-state index contributed by atoms with van der Waals surface area (Å²) in [5, 5.41) is 3.40. The van der Waals surface area contributed by atoms with E-state index in [2.05, 4.69) is 26.1 Å². The molecule has 96 valence electrons. The van der Waals surface area contributed by atoms with Gasteiger partial charge in [-0.25, -0.2) is 8.78 Å². The Kier molecular flexibility index (Phi) is 5.06. The van der Waals surface area contributed by atoms with E-state index in [4.69, 9.17) is 0 Å². The maximum absolute atomic E-state index is 13.5. The lowest BCUT2D eigenvalue weighted by molar-refractivity contribution is 0.286. The van der Waals surface area contributed by atoms with Crippen LogP contribution in [0, 0.1) is 11.6 Å². The van der Waals surface area contributed by atoms with Crippen LogP contribution in [0.3, 0.4) is 0 Å².